The third-order valence-electron chi connectivity index (χ3n) is 27.3. The van der Waals surface area contributed by atoms with E-state index in [9.17, 15) is 0 Å². The number of nitrogens with zero attached hydrogens (tertiary/aromatic N) is 4. The van der Waals surface area contributed by atoms with E-state index in [-0.39, 0.29) is 40.3 Å². The van der Waals surface area contributed by atoms with Crippen molar-refractivity contribution in [2.24, 2.45) is 35.5 Å². The van der Waals surface area contributed by atoms with E-state index < -0.39 is 0 Å². The molecule has 6 aliphatic carbocycles. The predicted molar refractivity (Wildman–Crippen MR) is 457 cm³/mol. The van der Waals surface area contributed by atoms with Crippen molar-refractivity contribution in [2.45, 2.75) is 226 Å². The number of aromatic nitrogens is 2. The van der Waals surface area contributed by atoms with Gasteiger partial charge in [-0.05, 0) is 248 Å². The Morgan fingerprint density at radius 2 is 0.934 bits per heavy atom. The molecule has 3 fully saturated rings. The van der Waals surface area contributed by atoms with Gasteiger partial charge in [0.1, 0.15) is 0 Å². The average molecular weight is 1390 g/mol. The lowest BCUT2D eigenvalue weighted by Crippen LogP contribution is -2.66. The van der Waals surface area contributed by atoms with Crippen molar-refractivity contribution in [3.8, 4) is 22.5 Å². The van der Waals surface area contributed by atoms with Gasteiger partial charge < -0.3 is 18.9 Å². The molecular formula is C101H113BN4. The fraction of sp³-hybridized carbons (Fsp3) is 0.406. The molecule has 0 amide bonds. The zero-order valence-electron chi connectivity index (χ0n) is 65.9. The summed E-state index contributed by atoms with van der Waals surface area (Å²) in [5.41, 5.74) is 29.7. The molecule has 4 nitrogen and oxygen atoms in total. The first-order valence-electron chi connectivity index (χ1n) is 41.4. The Kier molecular flexibility index (Phi) is 17.2. The summed E-state index contributed by atoms with van der Waals surface area (Å²) in [6, 6.07) is 62.9. The largest absolute Gasteiger partial charge is 0.339 e. The highest BCUT2D eigenvalue weighted by molar-refractivity contribution is 7.00. The van der Waals surface area contributed by atoms with Crippen LogP contribution >= 0.6 is 0 Å². The van der Waals surface area contributed by atoms with Gasteiger partial charge in [0.15, 0.2) is 0 Å². The minimum Gasteiger partial charge on any atom is -0.339 e. The van der Waals surface area contributed by atoms with E-state index in [1.807, 2.05) is 0 Å². The van der Waals surface area contributed by atoms with Crippen LogP contribution in [0.4, 0.5) is 22.7 Å². The molecule has 8 aromatic carbocycles. The number of benzene rings is 8. The van der Waals surface area contributed by atoms with Crippen LogP contribution in [0.15, 0.2) is 223 Å². The van der Waals surface area contributed by atoms with Crippen LogP contribution in [0.1, 0.15) is 215 Å². The van der Waals surface area contributed by atoms with Gasteiger partial charge in [-0.1, -0.05) is 269 Å². The van der Waals surface area contributed by atoms with Gasteiger partial charge in [-0.3, -0.25) is 0 Å². The Labute approximate surface area is 634 Å². The van der Waals surface area contributed by atoms with Gasteiger partial charge >= 0.3 is 0 Å². The van der Waals surface area contributed by atoms with E-state index in [0.717, 1.165) is 25.7 Å². The lowest BCUT2D eigenvalue weighted by atomic mass is 9.33. The Hall–Kier alpha value is -8.54. The molecule has 0 spiro atoms. The second kappa shape index (κ2) is 26.4. The van der Waals surface area contributed by atoms with Gasteiger partial charge in [-0.15, -0.1) is 0 Å². The van der Waals surface area contributed by atoms with Gasteiger partial charge in [0.2, 0.25) is 0 Å². The Morgan fingerprint density at radius 1 is 0.415 bits per heavy atom. The minimum absolute atomic E-state index is 0.00773. The van der Waals surface area contributed by atoms with Gasteiger partial charge in [-0.25, -0.2) is 0 Å². The lowest BCUT2D eigenvalue weighted by molar-refractivity contribution is 0.0615. The first-order chi connectivity index (χ1) is 51.0. The third kappa shape index (κ3) is 11.8. The molecule has 106 heavy (non-hydrogen) atoms. The van der Waals surface area contributed by atoms with Crippen LogP contribution < -0.4 is 26.2 Å². The molecule has 8 aliphatic rings. The first-order valence-corrected chi connectivity index (χ1v) is 41.4. The van der Waals surface area contributed by atoms with E-state index in [1.165, 1.54) is 221 Å². The first kappa shape index (κ1) is 69.2. The average Bonchev–Trinajstić information content (AvgIpc) is 0.793. The van der Waals surface area contributed by atoms with Gasteiger partial charge in [0, 0.05) is 67.6 Å². The van der Waals surface area contributed by atoms with E-state index in [1.54, 1.807) is 0 Å². The Balaban J connectivity index is 0.971. The van der Waals surface area contributed by atoms with Gasteiger partial charge in [0.25, 0.3) is 6.71 Å². The molecule has 5 heteroatoms. The molecule has 7 unspecified atom stereocenters. The standard InChI is InChI=1S/C101H113BN4/c1-64-30-26-27-39-76(64)80-43-29-42-79(68-37-24-17-25-38-68)97(80)106-92-63-75(104-89-54-46-72(100(8,9)10)60-83(89)84-61-73(101(11,12)13)47-55-90(84)104)49-51-86(92)102-85-50-48-74(103-87-52-44-70(98(2,3)4)58-81(87)82-59-71(99(5,6)7)45-53-88(82)103)62-91(85)105(93-56-69(57-94(106)95(93)102)65-31-18-14-19-32-65)96-77(66-33-20-15-21-34-66)40-28-41-78(96)67-35-22-16-23-36-67/h14-15,18-20,22,28,31-33,35-36,40-41,44-64,68,76,78-80,96-97H,16-17,21,23-27,29-30,34,37-39,42-43H2,1-13H3. The molecule has 7 atom stereocenters. The molecule has 0 saturated heterocycles. The van der Waals surface area contributed by atoms with Crippen molar-refractivity contribution >= 4 is 89.5 Å². The fourth-order valence-electron chi connectivity index (χ4n) is 21.6. The summed E-state index contributed by atoms with van der Waals surface area (Å²) in [7, 11) is 0. The SMILES string of the molecule is CC1CCCCC1C1CCCC(C2CCCCC2)C1N1c2cc(-n3c4ccc(C(C)(C)C)cc4c4cc(C(C)(C)C)ccc43)ccc2B2c3ccc(-n4c5ccc(C(C)(C)C)cc5c5cc(C(C)(C)C)ccc54)cc3N(C3C(C4=CC=CCC4)=CC=CC3C3=CCCC=C3)c3cc(-c4ccccc4)cc1c32. The van der Waals surface area contributed by atoms with Crippen molar-refractivity contribution < 1.29 is 0 Å². The number of rotatable bonds is 9. The van der Waals surface area contributed by atoms with Crippen molar-refractivity contribution in [2.75, 3.05) is 9.80 Å². The fourth-order valence-corrected chi connectivity index (χ4v) is 21.6. The van der Waals surface area contributed by atoms with Crippen LogP contribution in [-0.2, 0) is 21.7 Å². The molecular weight excluding hydrogens is 1280 g/mol. The molecule has 0 radical (unpaired) electrons. The van der Waals surface area contributed by atoms with E-state index in [4.69, 9.17) is 0 Å². The Bertz CT molecular complexity index is 5180. The number of hydrogen-bond acceptors (Lipinski definition) is 2. The van der Waals surface area contributed by atoms with Crippen LogP contribution in [0.25, 0.3) is 66.1 Å². The van der Waals surface area contributed by atoms with Gasteiger partial charge in [-0.2, -0.15) is 0 Å². The van der Waals surface area contributed by atoms with Crippen molar-refractivity contribution in [1.29, 1.82) is 0 Å². The molecule has 0 bridgehead atoms. The van der Waals surface area contributed by atoms with E-state index in [0.29, 0.717) is 35.6 Å². The summed E-state index contributed by atoms with van der Waals surface area (Å²) in [4.78, 5) is 6.16. The summed E-state index contributed by atoms with van der Waals surface area (Å²) in [5.74, 6) is 3.25. The maximum absolute atomic E-state index is 3.18. The highest BCUT2D eigenvalue weighted by Crippen LogP contribution is 2.56. The topological polar surface area (TPSA) is 16.3 Å². The zero-order chi connectivity index (χ0) is 72.9. The highest BCUT2D eigenvalue weighted by Gasteiger charge is 2.53. The number of allylic oxidation sites excluding steroid dienone is 8. The van der Waals surface area contributed by atoms with Gasteiger partial charge in [0.05, 0.1) is 28.1 Å². The molecule has 2 aromatic heterocycles. The summed E-state index contributed by atoms with van der Waals surface area (Å²) in [5, 5.41) is 5.33. The number of fused-ring (bicyclic) bond motifs is 10. The van der Waals surface area contributed by atoms with Crippen molar-refractivity contribution in [1.82, 2.24) is 9.13 Å². The summed E-state index contributed by atoms with van der Waals surface area (Å²) in [6.07, 6.45) is 42.6. The summed E-state index contributed by atoms with van der Waals surface area (Å²) in [6.45, 7) is 31.1. The van der Waals surface area contributed by atoms with Crippen molar-refractivity contribution in [3.05, 3.63) is 245 Å². The van der Waals surface area contributed by atoms with E-state index >= 15 is 0 Å². The monoisotopic (exact) mass is 1390 g/mol. The second-order valence-electron chi connectivity index (χ2n) is 37.9. The van der Waals surface area contributed by atoms with Crippen molar-refractivity contribution in [3.63, 3.8) is 0 Å². The van der Waals surface area contributed by atoms with E-state index in [2.05, 4.69) is 315 Å². The predicted octanol–water partition coefficient (Wildman–Crippen LogP) is 25.4. The zero-order valence-corrected chi connectivity index (χ0v) is 65.9. The molecule has 3 saturated carbocycles. The minimum atomic E-state index is -0.0708. The molecule has 2 aliphatic heterocycles. The smallest absolute Gasteiger partial charge is 0.252 e. The highest BCUT2D eigenvalue weighted by atomic mass is 15.2. The van der Waals surface area contributed by atoms with Crippen LogP contribution in [0, 0.1) is 35.5 Å². The molecule has 18 rings (SSSR count). The summed E-state index contributed by atoms with van der Waals surface area (Å²) >= 11 is 0. The number of hydrogen-bond donors (Lipinski definition) is 0. The molecule has 540 valence electrons. The number of anilines is 4. The van der Waals surface area contributed by atoms with Crippen LogP contribution in [0.3, 0.4) is 0 Å². The van der Waals surface area contributed by atoms with Crippen LogP contribution in [-0.4, -0.2) is 27.9 Å². The molecule has 10 aromatic rings. The molecule has 4 heterocycles. The maximum atomic E-state index is 3.18. The molecule has 0 N–H and O–H groups in total. The quantitative estimate of drug-likeness (QED) is 0.134. The summed E-state index contributed by atoms with van der Waals surface area (Å²) < 4.78 is 5.32. The normalized spacial score (nSPS) is 23.0. The maximum Gasteiger partial charge on any atom is 0.252 e. The third-order valence-corrected chi connectivity index (χ3v) is 27.3. The van der Waals surface area contributed by atoms with Crippen LogP contribution in [0.5, 0.6) is 0 Å². The Morgan fingerprint density at radius 3 is 1.45 bits per heavy atom. The van der Waals surface area contributed by atoms with Crippen LogP contribution in [0.2, 0.25) is 0 Å². The lowest BCUT2D eigenvalue weighted by Gasteiger charge is -2.56. The second-order valence-corrected chi connectivity index (χ2v) is 37.9.